The Hall–Kier alpha value is -1.03. The standard InChI is InChI=1S/C5H10N4/c1-3(6)4-2-8-5(7)9-4/h2-3H,6H2,1H3,(H3,7,8,9). The van der Waals surface area contributed by atoms with Gasteiger partial charge in [0.25, 0.3) is 0 Å². The highest BCUT2D eigenvalue weighted by Crippen LogP contribution is 2.05. The average molecular weight is 126 g/mol. The Morgan fingerprint density at radius 1 is 1.78 bits per heavy atom. The van der Waals surface area contributed by atoms with Crippen LogP contribution in [0.4, 0.5) is 5.95 Å². The molecule has 0 aliphatic carbocycles. The number of nitrogens with one attached hydrogen (secondary N) is 1. The van der Waals surface area contributed by atoms with Crippen molar-refractivity contribution in [1.82, 2.24) is 9.97 Å². The monoisotopic (exact) mass is 126 g/mol. The van der Waals surface area contributed by atoms with Gasteiger partial charge in [0.1, 0.15) is 0 Å². The highest BCUT2D eigenvalue weighted by Gasteiger charge is 1.99. The van der Waals surface area contributed by atoms with Crippen LogP contribution >= 0.6 is 0 Å². The molecule has 1 aromatic heterocycles. The lowest BCUT2D eigenvalue weighted by atomic mass is 10.3. The number of nitrogens with two attached hydrogens (primary N) is 2. The summed E-state index contributed by atoms with van der Waals surface area (Å²) in [5.41, 5.74) is 11.7. The van der Waals surface area contributed by atoms with Gasteiger partial charge in [-0.25, -0.2) is 4.98 Å². The van der Waals surface area contributed by atoms with Crippen molar-refractivity contribution < 1.29 is 0 Å². The molecule has 1 aromatic rings. The van der Waals surface area contributed by atoms with Gasteiger partial charge >= 0.3 is 0 Å². The van der Waals surface area contributed by atoms with Crippen LogP contribution in [-0.2, 0) is 0 Å². The first-order valence-corrected chi connectivity index (χ1v) is 2.76. The summed E-state index contributed by atoms with van der Waals surface area (Å²) in [6.45, 7) is 1.87. The number of nitrogens with zero attached hydrogens (tertiary/aromatic N) is 1. The van der Waals surface area contributed by atoms with E-state index in [1.165, 1.54) is 0 Å². The molecular formula is C5H10N4. The second-order valence-corrected chi connectivity index (χ2v) is 2.01. The summed E-state index contributed by atoms with van der Waals surface area (Å²) in [5, 5.41) is 0. The summed E-state index contributed by atoms with van der Waals surface area (Å²) in [6, 6.07) is -0.0187. The van der Waals surface area contributed by atoms with E-state index < -0.39 is 0 Å². The van der Waals surface area contributed by atoms with E-state index in [0.717, 1.165) is 5.69 Å². The number of nitrogen functional groups attached to an aromatic ring is 1. The van der Waals surface area contributed by atoms with Crippen molar-refractivity contribution >= 4 is 5.95 Å². The minimum Gasteiger partial charge on any atom is -0.369 e. The smallest absolute Gasteiger partial charge is 0.197 e. The molecule has 1 atom stereocenters. The maximum Gasteiger partial charge on any atom is 0.197 e. The highest BCUT2D eigenvalue weighted by molar-refractivity contribution is 5.19. The number of H-pyrrole nitrogens is 1. The van der Waals surface area contributed by atoms with Crippen molar-refractivity contribution in [3.63, 3.8) is 0 Å². The summed E-state index contributed by atoms with van der Waals surface area (Å²) in [6.07, 6.45) is 1.64. The zero-order chi connectivity index (χ0) is 6.85. The minimum absolute atomic E-state index is 0.0187. The zero-order valence-electron chi connectivity index (χ0n) is 5.26. The van der Waals surface area contributed by atoms with Gasteiger partial charge in [-0.1, -0.05) is 0 Å². The molecule has 0 aromatic carbocycles. The van der Waals surface area contributed by atoms with Gasteiger partial charge in [-0.05, 0) is 6.92 Å². The molecule has 0 aliphatic rings. The zero-order valence-corrected chi connectivity index (χ0v) is 5.26. The van der Waals surface area contributed by atoms with Crippen LogP contribution in [-0.4, -0.2) is 9.97 Å². The normalized spacial score (nSPS) is 13.6. The number of hydrogen-bond acceptors (Lipinski definition) is 3. The van der Waals surface area contributed by atoms with Gasteiger partial charge in [0.2, 0.25) is 0 Å². The first-order valence-electron chi connectivity index (χ1n) is 2.76. The van der Waals surface area contributed by atoms with Crippen molar-refractivity contribution in [3.05, 3.63) is 11.9 Å². The number of aromatic amines is 1. The van der Waals surface area contributed by atoms with Gasteiger partial charge in [-0.15, -0.1) is 0 Å². The molecule has 5 N–H and O–H groups in total. The molecule has 50 valence electrons. The van der Waals surface area contributed by atoms with Crippen LogP contribution in [0.25, 0.3) is 0 Å². The Bertz CT molecular complexity index is 191. The van der Waals surface area contributed by atoms with Crippen molar-refractivity contribution in [3.8, 4) is 0 Å². The van der Waals surface area contributed by atoms with Crippen LogP contribution in [0.5, 0.6) is 0 Å². The fourth-order valence-corrected chi connectivity index (χ4v) is 0.583. The number of rotatable bonds is 1. The summed E-state index contributed by atoms with van der Waals surface area (Å²) >= 11 is 0. The first kappa shape index (κ1) is 6.10. The number of hydrogen-bond donors (Lipinski definition) is 3. The van der Waals surface area contributed by atoms with E-state index in [4.69, 9.17) is 11.5 Å². The second-order valence-electron chi connectivity index (χ2n) is 2.01. The fourth-order valence-electron chi connectivity index (χ4n) is 0.583. The Morgan fingerprint density at radius 2 is 2.44 bits per heavy atom. The summed E-state index contributed by atoms with van der Waals surface area (Å²) in [4.78, 5) is 6.60. The van der Waals surface area contributed by atoms with E-state index in [1.807, 2.05) is 6.92 Å². The first-order chi connectivity index (χ1) is 4.20. The van der Waals surface area contributed by atoms with Gasteiger partial charge in [0.05, 0.1) is 11.9 Å². The Balaban J connectivity index is 2.85. The molecule has 4 heteroatoms. The molecular weight excluding hydrogens is 116 g/mol. The lowest BCUT2D eigenvalue weighted by molar-refractivity contribution is 0.790. The third kappa shape index (κ3) is 1.20. The van der Waals surface area contributed by atoms with Crippen LogP contribution in [0.15, 0.2) is 6.20 Å². The molecule has 0 fully saturated rings. The van der Waals surface area contributed by atoms with Gasteiger partial charge in [-0.2, -0.15) is 0 Å². The van der Waals surface area contributed by atoms with Crippen molar-refractivity contribution in [2.75, 3.05) is 5.73 Å². The van der Waals surface area contributed by atoms with E-state index in [-0.39, 0.29) is 6.04 Å². The van der Waals surface area contributed by atoms with E-state index in [9.17, 15) is 0 Å². The van der Waals surface area contributed by atoms with Crippen LogP contribution in [0, 0.1) is 0 Å². The molecule has 0 spiro atoms. The predicted molar refractivity (Wildman–Crippen MR) is 35.6 cm³/mol. The quantitative estimate of drug-likeness (QED) is 0.496. The minimum atomic E-state index is -0.0187. The molecule has 0 saturated carbocycles. The van der Waals surface area contributed by atoms with Crippen LogP contribution < -0.4 is 11.5 Å². The van der Waals surface area contributed by atoms with E-state index in [2.05, 4.69) is 9.97 Å². The maximum absolute atomic E-state index is 5.50. The maximum atomic E-state index is 5.50. The second kappa shape index (κ2) is 2.06. The van der Waals surface area contributed by atoms with Gasteiger partial charge in [0, 0.05) is 6.04 Å². The van der Waals surface area contributed by atoms with Crippen LogP contribution in [0.2, 0.25) is 0 Å². The Kier molecular flexibility index (Phi) is 1.40. The van der Waals surface area contributed by atoms with Crippen molar-refractivity contribution in [2.24, 2.45) is 5.73 Å². The summed E-state index contributed by atoms with van der Waals surface area (Å²) < 4.78 is 0. The highest BCUT2D eigenvalue weighted by atomic mass is 15.0. The van der Waals surface area contributed by atoms with Crippen LogP contribution in [0.3, 0.4) is 0 Å². The van der Waals surface area contributed by atoms with E-state index in [0.29, 0.717) is 5.95 Å². The van der Waals surface area contributed by atoms with Gasteiger partial charge < -0.3 is 16.5 Å². The number of anilines is 1. The third-order valence-electron chi connectivity index (χ3n) is 1.11. The van der Waals surface area contributed by atoms with E-state index in [1.54, 1.807) is 6.20 Å². The molecule has 1 heterocycles. The number of imidazole rings is 1. The van der Waals surface area contributed by atoms with E-state index >= 15 is 0 Å². The lowest BCUT2D eigenvalue weighted by Gasteiger charge is -1.97. The Labute approximate surface area is 53.3 Å². The largest absolute Gasteiger partial charge is 0.369 e. The predicted octanol–water partition coefficient (Wildman–Crippen LogP) is 0.0116. The fraction of sp³-hybridized carbons (Fsp3) is 0.400. The molecule has 4 nitrogen and oxygen atoms in total. The van der Waals surface area contributed by atoms with Crippen LogP contribution in [0.1, 0.15) is 18.7 Å². The molecule has 0 radical (unpaired) electrons. The molecule has 0 saturated heterocycles. The lowest BCUT2D eigenvalue weighted by Crippen LogP contribution is -2.05. The third-order valence-corrected chi connectivity index (χ3v) is 1.11. The summed E-state index contributed by atoms with van der Waals surface area (Å²) in [7, 11) is 0. The Morgan fingerprint density at radius 3 is 2.67 bits per heavy atom. The summed E-state index contributed by atoms with van der Waals surface area (Å²) in [5.74, 6) is 0.419. The van der Waals surface area contributed by atoms with Gasteiger partial charge in [-0.3, -0.25) is 0 Å². The molecule has 0 aliphatic heterocycles. The molecule has 1 unspecified atom stereocenters. The topological polar surface area (TPSA) is 80.7 Å². The van der Waals surface area contributed by atoms with Crippen molar-refractivity contribution in [1.29, 1.82) is 0 Å². The molecule has 0 bridgehead atoms. The number of aromatic nitrogens is 2. The average Bonchev–Trinajstić information content (AvgIpc) is 2.14. The van der Waals surface area contributed by atoms with Gasteiger partial charge in [0.15, 0.2) is 5.95 Å². The molecule has 1 rings (SSSR count). The van der Waals surface area contributed by atoms with Crippen molar-refractivity contribution in [2.45, 2.75) is 13.0 Å². The molecule has 0 amide bonds. The molecule has 9 heavy (non-hydrogen) atoms. The SMILES string of the molecule is CC(N)c1cnc(N)[nH]1.